The molecule has 1 N–H and O–H groups in total. The first-order valence-electron chi connectivity index (χ1n) is 9.55. The van der Waals surface area contributed by atoms with Crippen LogP contribution < -0.4 is 5.32 Å². The van der Waals surface area contributed by atoms with Crippen molar-refractivity contribution in [2.24, 2.45) is 0 Å². The lowest BCUT2D eigenvalue weighted by atomic mass is 10.1. The summed E-state index contributed by atoms with van der Waals surface area (Å²) in [4.78, 5) is 19.1. The van der Waals surface area contributed by atoms with Crippen LogP contribution in [0.3, 0.4) is 0 Å². The van der Waals surface area contributed by atoms with Crippen molar-refractivity contribution >= 4 is 17.1 Å². The number of nitrogens with one attached hydrogen (secondary N) is 1. The maximum atomic E-state index is 13.5. The number of hydrogen-bond acceptors (Lipinski definition) is 3. The lowest BCUT2D eigenvalue weighted by Gasteiger charge is -2.28. The largest absolute Gasteiger partial charge is 0.438 e. The molecule has 28 heavy (non-hydrogen) atoms. The van der Waals surface area contributed by atoms with E-state index in [0.717, 1.165) is 24.0 Å². The molecular weight excluding hydrogens is 357 g/mol. The molecule has 1 saturated heterocycles. The zero-order valence-electron chi connectivity index (χ0n) is 16.3. The molecule has 5 nitrogen and oxygen atoms in total. The van der Waals surface area contributed by atoms with Crippen LogP contribution in [-0.4, -0.2) is 28.0 Å². The van der Waals surface area contributed by atoms with Gasteiger partial charge in [-0.05, 0) is 69.0 Å². The number of carbonyl (C=O) groups is 1. The van der Waals surface area contributed by atoms with E-state index < -0.39 is 0 Å². The second-order valence-corrected chi connectivity index (χ2v) is 8.28. The van der Waals surface area contributed by atoms with Gasteiger partial charge in [0.1, 0.15) is 17.4 Å². The molecule has 1 aliphatic heterocycles. The average Bonchev–Trinajstić information content (AvgIpc) is 3.26. The van der Waals surface area contributed by atoms with Crippen LogP contribution in [0.4, 0.5) is 9.18 Å². The Morgan fingerprint density at radius 3 is 2.75 bits per heavy atom. The third-order valence-electron chi connectivity index (χ3n) is 4.84. The van der Waals surface area contributed by atoms with Gasteiger partial charge >= 0.3 is 6.03 Å². The lowest BCUT2D eigenvalue weighted by Crippen LogP contribution is -2.48. The number of halogens is 1. The van der Waals surface area contributed by atoms with Gasteiger partial charge in [0.15, 0.2) is 5.58 Å². The number of likely N-dealkylation sites (tertiary alicyclic amines) is 1. The van der Waals surface area contributed by atoms with Crippen LogP contribution in [0.2, 0.25) is 0 Å². The monoisotopic (exact) mass is 381 g/mol. The average molecular weight is 381 g/mol. The van der Waals surface area contributed by atoms with Crippen molar-refractivity contribution in [3.05, 3.63) is 54.2 Å². The summed E-state index contributed by atoms with van der Waals surface area (Å²) in [5.41, 5.74) is 2.74. The molecular formula is C22H24FN3O2. The fourth-order valence-electron chi connectivity index (χ4n) is 3.59. The fraction of sp³-hybridized carbons (Fsp3) is 0.364. The highest BCUT2D eigenvalue weighted by Crippen LogP contribution is 2.34. The first kappa shape index (κ1) is 18.5. The van der Waals surface area contributed by atoms with Crippen molar-refractivity contribution in [1.82, 2.24) is 15.2 Å². The molecule has 2 heterocycles. The van der Waals surface area contributed by atoms with Crippen molar-refractivity contribution in [2.45, 2.75) is 45.2 Å². The number of carbonyl (C=O) groups excluding carboxylic acids is 1. The van der Waals surface area contributed by atoms with E-state index in [-0.39, 0.29) is 23.4 Å². The minimum absolute atomic E-state index is 0.0993. The molecule has 2 aromatic carbocycles. The van der Waals surface area contributed by atoms with Crippen molar-refractivity contribution in [1.29, 1.82) is 0 Å². The van der Waals surface area contributed by atoms with E-state index in [2.05, 4.69) is 10.3 Å². The molecule has 0 aliphatic carbocycles. The maximum absolute atomic E-state index is 13.5. The van der Waals surface area contributed by atoms with Crippen molar-refractivity contribution in [2.75, 3.05) is 6.54 Å². The van der Waals surface area contributed by atoms with Crippen molar-refractivity contribution in [3.8, 4) is 11.1 Å². The standard InChI is InChI=1S/C22H24FN3O2/c1-22(2,3)25-21(27)26-11-5-8-18(26)20-24-17-13-15(9-10-19(17)28-20)14-6-4-7-16(23)12-14/h4,6-7,9-10,12-13,18H,5,8,11H2,1-3H3,(H,25,27)/t18-/m0/s1. The van der Waals surface area contributed by atoms with Crippen LogP contribution in [0.5, 0.6) is 0 Å². The topological polar surface area (TPSA) is 58.4 Å². The number of nitrogens with zero attached hydrogens (tertiary/aromatic N) is 2. The Morgan fingerprint density at radius 2 is 2.00 bits per heavy atom. The van der Waals surface area contributed by atoms with Gasteiger partial charge in [-0.25, -0.2) is 14.2 Å². The van der Waals surface area contributed by atoms with Crippen LogP contribution >= 0.6 is 0 Å². The van der Waals surface area contributed by atoms with Gasteiger partial charge in [-0.1, -0.05) is 18.2 Å². The Labute approximate surface area is 163 Å². The SMILES string of the molecule is CC(C)(C)NC(=O)N1CCC[C@H]1c1nc2cc(-c3cccc(F)c3)ccc2o1. The zero-order valence-corrected chi connectivity index (χ0v) is 16.3. The normalized spacial score (nSPS) is 17.3. The van der Waals surface area contributed by atoms with Gasteiger partial charge in [-0.3, -0.25) is 0 Å². The Bertz CT molecular complexity index is 1020. The highest BCUT2D eigenvalue weighted by molar-refractivity contribution is 5.81. The summed E-state index contributed by atoms with van der Waals surface area (Å²) in [6.07, 6.45) is 1.73. The summed E-state index contributed by atoms with van der Waals surface area (Å²) in [6.45, 7) is 6.57. The summed E-state index contributed by atoms with van der Waals surface area (Å²) >= 11 is 0. The van der Waals surface area contributed by atoms with Gasteiger partial charge in [0, 0.05) is 12.1 Å². The Kier molecular flexibility index (Phi) is 4.57. The summed E-state index contributed by atoms with van der Waals surface area (Å²) in [7, 11) is 0. The number of amides is 2. The van der Waals surface area contributed by atoms with E-state index in [1.165, 1.54) is 12.1 Å². The molecule has 1 atom stereocenters. The number of fused-ring (bicyclic) bond motifs is 1. The van der Waals surface area contributed by atoms with Gasteiger partial charge in [0.2, 0.25) is 5.89 Å². The first-order valence-corrected chi connectivity index (χ1v) is 9.55. The molecule has 1 fully saturated rings. The highest BCUT2D eigenvalue weighted by Gasteiger charge is 2.34. The predicted molar refractivity (Wildman–Crippen MR) is 106 cm³/mol. The minimum atomic E-state index is -0.300. The van der Waals surface area contributed by atoms with Crippen LogP contribution in [0.25, 0.3) is 22.2 Å². The minimum Gasteiger partial charge on any atom is -0.438 e. The molecule has 0 spiro atoms. The Hall–Kier alpha value is -2.89. The third-order valence-corrected chi connectivity index (χ3v) is 4.84. The molecule has 146 valence electrons. The highest BCUT2D eigenvalue weighted by atomic mass is 19.1. The summed E-state index contributed by atoms with van der Waals surface area (Å²) in [5.74, 6) is 0.276. The van der Waals surface area contributed by atoms with Gasteiger partial charge in [-0.15, -0.1) is 0 Å². The van der Waals surface area contributed by atoms with Gasteiger partial charge in [-0.2, -0.15) is 0 Å². The van der Waals surface area contributed by atoms with Crippen molar-refractivity contribution in [3.63, 3.8) is 0 Å². The second kappa shape index (κ2) is 6.93. The van der Waals surface area contributed by atoms with Gasteiger partial charge in [0.05, 0.1) is 0 Å². The van der Waals surface area contributed by atoms with E-state index in [4.69, 9.17) is 4.42 Å². The summed E-state index contributed by atoms with van der Waals surface area (Å²) in [6, 6.07) is 11.8. The van der Waals surface area contributed by atoms with E-state index in [1.54, 1.807) is 11.0 Å². The maximum Gasteiger partial charge on any atom is 0.318 e. The number of rotatable bonds is 2. The van der Waals surface area contributed by atoms with Crippen LogP contribution in [0, 0.1) is 5.82 Å². The molecule has 0 radical (unpaired) electrons. The number of oxazole rings is 1. The first-order chi connectivity index (χ1) is 13.3. The number of benzene rings is 2. The van der Waals surface area contributed by atoms with Gasteiger partial charge < -0.3 is 14.6 Å². The van der Waals surface area contributed by atoms with E-state index in [9.17, 15) is 9.18 Å². The molecule has 0 bridgehead atoms. The molecule has 1 aromatic heterocycles. The molecule has 1 aliphatic rings. The number of hydrogen-bond donors (Lipinski definition) is 1. The van der Waals surface area contributed by atoms with Crippen LogP contribution in [0.15, 0.2) is 46.9 Å². The molecule has 4 rings (SSSR count). The molecule has 2 amide bonds. The van der Waals surface area contributed by atoms with Gasteiger partial charge in [0.25, 0.3) is 0 Å². The lowest BCUT2D eigenvalue weighted by molar-refractivity contribution is 0.176. The van der Waals surface area contributed by atoms with E-state index in [0.29, 0.717) is 23.5 Å². The summed E-state index contributed by atoms with van der Waals surface area (Å²) in [5, 5.41) is 3.01. The Morgan fingerprint density at radius 1 is 1.21 bits per heavy atom. The Balaban J connectivity index is 1.63. The third kappa shape index (κ3) is 3.72. The predicted octanol–water partition coefficient (Wildman–Crippen LogP) is 5.28. The fourth-order valence-corrected chi connectivity index (χ4v) is 3.59. The summed E-state index contributed by atoms with van der Waals surface area (Å²) < 4.78 is 19.5. The molecule has 3 aromatic rings. The van der Waals surface area contributed by atoms with Crippen molar-refractivity contribution < 1.29 is 13.6 Å². The molecule has 6 heteroatoms. The number of urea groups is 1. The number of aromatic nitrogens is 1. The zero-order chi connectivity index (χ0) is 19.9. The van der Waals surface area contributed by atoms with Crippen LogP contribution in [0.1, 0.15) is 45.5 Å². The smallest absolute Gasteiger partial charge is 0.318 e. The van der Waals surface area contributed by atoms with E-state index in [1.807, 2.05) is 45.0 Å². The van der Waals surface area contributed by atoms with Crippen LogP contribution in [-0.2, 0) is 0 Å². The quantitative estimate of drug-likeness (QED) is 0.657. The van der Waals surface area contributed by atoms with E-state index >= 15 is 0 Å². The molecule has 0 unspecified atom stereocenters. The second-order valence-electron chi connectivity index (χ2n) is 8.28. The molecule has 0 saturated carbocycles.